The maximum absolute atomic E-state index is 11.1. The summed E-state index contributed by atoms with van der Waals surface area (Å²) >= 11 is 5.43. The predicted molar refractivity (Wildman–Crippen MR) is 63.2 cm³/mol. The SMILES string of the molecule is Cc1ccc([C@H](C)NC(=O)CCl)cc1C. The molecule has 1 atom stereocenters. The Kier molecular flexibility index (Phi) is 4.15. The molecule has 1 N–H and O–H groups in total. The normalized spacial score (nSPS) is 12.3. The summed E-state index contributed by atoms with van der Waals surface area (Å²) in [4.78, 5) is 11.1. The van der Waals surface area contributed by atoms with E-state index in [0.29, 0.717) is 0 Å². The van der Waals surface area contributed by atoms with Crippen molar-refractivity contribution >= 4 is 17.5 Å². The van der Waals surface area contributed by atoms with E-state index in [1.807, 2.05) is 13.0 Å². The highest BCUT2D eigenvalue weighted by Gasteiger charge is 2.08. The summed E-state index contributed by atoms with van der Waals surface area (Å²) in [6.45, 7) is 6.09. The van der Waals surface area contributed by atoms with E-state index in [-0.39, 0.29) is 17.8 Å². The Morgan fingerprint density at radius 1 is 1.40 bits per heavy atom. The van der Waals surface area contributed by atoms with Gasteiger partial charge in [0, 0.05) is 0 Å². The quantitative estimate of drug-likeness (QED) is 0.788. The molecule has 0 bridgehead atoms. The van der Waals surface area contributed by atoms with Crippen LogP contribution in [-0.2, 0) is 4.79 Å². The lowest BCUT2D eigenvalue weighted by Gasteiger charge is -2.14. The van der Waals surface area contributed by atoms with E-state index in [4.69, 9.17) is 11.6 Å². The molecule has 0 spiro atoms. The summed E-state index contributed by atoms with van der Waals surface area (Å²) < 4.78 is 0. The number of carbonyl (C=O) groups excluding carboxylic acids is 1. The molecule has 0 aliphatic heterocycles. The molecule has 0 fully saturated rings. The van der Waals surface area contributed by atoms with Crippen LogP contribution >= 0.6 is 11.6 Å². The molecule has 0 unspecified atom stereocenters. The van der Waals surface area contributed by atoms with Crippen LogP contribution in [0.1, 0.15) is 29.7 Å². The lowest BCUT2D eigenvalue weighted by atomic mass is 10.0. The molecular formula is C12H16ClNO. The zero-order chi connectivity index (χ0) is 11.4. The molecule has 0 aliphatic carbocycles. The molecule has 0 aromatic heterocycles. The highest BCUT2D eigenvalue weighted by atomic mass is 35.5. The van der Waals surface area contributed by atoms with Crippen molar-refractivity contribution in [1.29, 1.82) is 0 Å². The summed E-state index contributed by atoms with van der Waals surface area (Å²) in [6, 6.07) is 6.19. The third-order valence-corrected chi connectivity index (χ3v) is 2.77. The van der Waals surface area contributed by atoms with E-state index in [9.17, 15) is 4.79 Å². The molecule has 2 nitrogen and oxygen atoms in total. The van der Waals surface area contributed by atoms with Gasteiger partial charge in [0.05, 0.1) is 6.04 Å². The fraction of sp³-hybridized carbons (Fsp3) is 0.417. The number of amides is 1. The number of hydrogen-bond donors (Lipinski definition) is 1. The van der Waals surface area contributed by atoms with Crippen molar-refractivity contribution in [3.05, 3.63) is 34.9 Å². The van der Waals surface area contributed by atoms with E-state index in [1.54, 1.807) is 0 Å². The minimum atomic E-state index is -0.137. The average molecular weight is 226 g/mol. The first-order chi connectivity index (χ1) is 7.04. The minimum absolute atomic E-state index is 0.00911. The molecule has 1 aromatic carbocycles. The summed E-state index contributed by atoms with van der Waals surface area (Å²) in [5.74, 6) is -0.128. The summed E-state index contributed by atoms with van der Waals surface area (Å²) in [5.41, 5.74) is 3.60. The topological polar surface area (TPSA) is 29.1 Å². The van der Waals surface area contributed by atoms with Gasteiger partial charge in [0.2, 0.25) is 5.91 Å². The number of alkyl halides is 1. The average Bonchev–Trinajstić information content (AvgIpc) is 2.21. The largest absolute Gasteiger partial charge is 0.349 e. The fourth-order valence-corrected chi connectivity index (χ4v) is 1.47. The molecule has 1 amide bonds. The van der Waals surface area contributed by atoms with Crippen molar-refractivity contribution in [3.8, 4) is 0 Å². The molecule has 15 heavy (non-hydrogen) atoms. The first-order valence-electron chi connectivity index (χ1n) is 4.97. The molecule has 0 saturated carbocycles. The van der Waals surface area contributed by atoms with Gasteiger partial charge in [-0.25, -0.2) is 0 Å². The molecule has 0 saturated heterocycles. The Balaban J connectivity index is 2.78. The van der Waals surface area contributed by atoms with Crippen molar-refractivity contribution in [3.63, 3.8) is 0 Å². The van der Waals surface area contributed by atoms with Crippen LogP contribution in [0.2, 0.25) is 0 Å². The van der Waals surface area contributed by atoms with Crippen molar-refractivity contribution in [2.24, 2.45) is 0 Å². The van der Waals surface area contributed by atoms with Crippen LogP contribution in [0.25, 0.3) is 0 Å². The second-order valence-electron chi connectivity index (χ2n) is 3.77. The molecule has 0 aliphatic rings. The zero-order valence-electron chi connectivity index (χ0n) is 9.30. The van der Waals surface area contributed by atoms with Crippen LogP contribution in [0.3, 0.4) is 0 Å². The van der Waals surface area contributed by atoms with Gasteiger partial charge in [-0.3, -0.25) is 4.79 Å². The smallest absolute Gasteiger partial charge is 0.235 e. The van der Waals surface area contributed by atoms with Gasteiger partial charge >= 0.3 is 0 Å². The second kappa shape index (κ2) is 5.17. The second-order valence-corrected chi connectivity index (χ2v) is 4.03. The van der Waals surface area contributed by atoms with Crippen molar-refractivity contribution in [1.82, 2.24) is 5.32 Å². The molecule has 0 radical (unpaired) electrons. The summed E-state index contributed by atoms with van der Waals surface area (Å²) in [7, 11) is 0. The number of benzene rings is 1. The maximum Gasteiger partial charge on any atom is 0.235 e. The van der Waals surface area contributed by atoms with Crippen LogP contribution in [0.4, 0.5) is 0 Å². The van der Waals surface area contributed by atoms with E-state index >= 15 is 0 Å². The van der Waals surface area contributed by atoms with Crippen LogP contribution in [0.5, 0.6) is 0 Å². The highest BCUT2D eigenvalue weighted by Crippen LogP contribution is 2.16. The van der Waals surface area contributed by atoms with E-state index in [1.165, 1.54) is 11.1 Å². The minimum Gasteiger partial charge on any atom is -0.349 e. The number of halogens is 1. The van der Waals surface area contributed by atoms with Gasteiger partial charge in [-0.1, -0.05) is 18.2 Å². The Bertz CT molecular complexity index is 363. The highest BCUT2D eigenvalue weighted by molar-refractivity contribution is 6.27. The Hall–Kier alpha value is -1.02. The van der Waals surface area contributed by atoms with E-state index in [2.05, 4.69) is 31.3 Å². The van der Waals surface area contributed by atoms with Gasteiger partial charge in [0.25, 0.3) is 0 Å². The van der Waals surface area contributed by atoms with Crippen LogP contribution < -0.4 is 5.32 Å². The molecular weight excluding hydrogens is 210 g/mol. The van der Waals surface area contributed by atoms with Crippen LogP contribution in [-0.4, -0.2) is 11.8 Å². The van der Waals surface area contributed by atoms with E-state index < -0.39 is 0 Å². The summed E-state index contributed by atoms with van der Waals surface area (Å²) in [5, 5.41) is 2.82. The van der Waals surface area contributed by atoms with Crippen LogP contribution in [0, 0.1) is 13.8 Å². The number of hydrogen-bond acceptors (Lipinski definition) is 1. The molecule has 82 valence electrons. The summed E-state index contributed by atoms with van der Waals surface area (Å²) in [6.07, 6.45) is 0. The Labute approximate surface area is 95.6 Å². The molecule has 1 aromatic rings. The number of carbonyl (C=O) groups is 1. The van der Waals surface area contributed by atoms with Crippen LogP contribution in [0.15, 0.2) is 18.2 Å². The Morgan fingerprint density at radius 2 is 2.07 bits per heavy atom. The monoisotopic (exact) mass is 225 g/mol. The van der Waals surface area contributed by atoms with Gasteiger partial charge in [-0.05, 0) is 37.5 Å². The maximum atomic E-state index is 11.1. The van der Waals surface area contributed by atoms with Gasteiger partial charge in [-0.2, -0.15) is 0 Å². The third kappa shape index (κ3) is 3.24. The molecule has 3 heteroatoms. The van der Waals surface area contributed by atoms with Crippen molar-refractivity contribution in [2.75, 3.05) is 5.88 Å². The lowest BCUT2D eigenvalue weighted by Crippen LogP contribution is -2.27. The Morgan fingerprint density at radius 3 is 2.60 bits per heavy atom. The number of nitrogens with one attached hydrogen (secondary N) is 1. The lowest BCUT2D eigenvalue weighted by molar-refractivity contribution is -0.119. The first-order valence-corrected chi connectivity index (χ1v) is 5.50. The number of aryl methyl sites for hydroxylation is 2. The number of rotatable bonds is 3. The standard InChI is InChI=1S/C12H16ClNO/c1-8-4-5-11(6-9(8)2)10(3)14-12(15)7-13/h4-6,10H,7H2,1-3H3,(H,14,15)/t10-/m0/s1. The first kappa shape index (κ1) is 12.1. The van der Waals surface area contributed by atoms with Gasteiger partial charge < -0.3 is 5.32 Å². The fourth-order valence-electron chi connectivity index (χ4n) is 1.40. The van der Waals surface area contributed by atoms with Crippen molar-refractivity contribution < 1.29 is 4.79 Å². The van der Waals surface area contributed by atoms with Gasteiger partial charge in [-0.15, -0.1) is 11.6 Å². The predicted octanol–water partition coefficient (Wildman–Crippen LogP) is 2.72. The van der Waals surface area contributed by atoms with Gasteiger partial charge in [0.1, 0.15) is 5.88 Å². The zero-order valence-corrected chi connectivity index (χ0v) is 10.1. The van der Waals surface area contributed by atoms with Gasteiger partial charge in [0.15, 0.2) is 0 Å². The molecule has 1 rings (SSSR count). The third-order valence-electron chi connectivity index (χ3n) is 2.53. The van der Waals surface area contributed by atoms with E-state index in [0.717, 1.165) is 5.56 Å². The molecule has 0 heterocycles. The van der Waals surface area contributed by atoms with Crippen molar-refractivity contribution in [2.45, 2.75) is 26.8 Å².